The third kappa shape index (κ3) is 4.80. The van der Waals surface area contributed by atoms with Gasteiger partial charge < -0.3 is 25.6 Å². The van der Waals surface area contributed by atoms with Gasteiger partial charge in [-0.15, -0.1) is 11.3 Å². The second kappa shape index (κ2) is 10.5. The highest BCUT2D eigenvalue weighted by molar-refractivity contribution is 7.19. The Morgan fingerprint density at radius 3 is 2.64 bits per heavy atom. The van der Waals surface area contributed by atoms with Crippen molar-refractivity contribution in [1.82, 2.24) is 9.97 Å². The van der Waals surface area contributed by atoms with E-state index in [0.29, 0.717) is 35.6 Å². The predicted molar refractivity (Wildman–Crippen MR) is 165 cm³/mol. The Kier molecular flexibility index (Phi) is 6.67. The summed E-state index contributed by atoms with van der Waals surface area (Å²) in [5, 5.41) is 3.76. The lowest BCUT2D eigenvalue weighted by atomic mass is 9.73. The molecular formula is C32H32N6O3S. The van der Waals surface area contributed by atoms with Crippen LogP contribution in [0.15, 0.2) is 60.9 Å². The number of aromatic nitrogens is 2. The number of fused-ring (bicyclic) bond motifs is 3. The number of nitrogens with two attached hydrogens (primary N) is 1. The molecule has 3 N–H and O–H groups in total. The van der Waals surface area contributed by atoms with Crippen LogP contribution < -0.4 is 20.9 Å². The highest BCUT2D eigenvalue weighted by Crippen LogP contribution is 2.43. The molecular weight excluding hydrogens is 548 g/mol. The molecule has 0 bridgehead atoms. The van der Waals surface area contributed by atoms with Crippen LogP contribution in [0, 0.1) is 12.3 Å². The van der Waals surface area contributed by atoms with E-state index in [9.17, 15) is 9.59 Å². The summed E-state index contributed by atoms with van der Waals surface area (Å²) in [6, 6.07) is 14.7. The minimum Gasteiger partial charge on any atom is -0.391 e. The first-order valence-electron chi connectivity index (χ1n) is 14.3. The fourth-order valence-electron chi connectivity index (χ4n) is 6.25. The number of rotatable bonds is 4. The van der Waals surface area contributed by atoms with E-state index in [1.807, 2.05) is 37.4 Å². The summed E-state index contributed by atoms with van der Waals surface area (Å²) in [6.07, 6.45) is 6.34. The number of nitrogen functional groups attached to an aromatic ring is 1. The Hall–Kier alpha value is -4.28. The van der Waals surface area contributed by atoms with Crippen molar-refractivity contribution in [2.75, 3.05) is 53.7 Å². The van der Waals surface area contributed by atoms with Gasteiger partial charge in [-0.2, -0.15) is 0 Å². The molecule has 42 heavy (non-hydrogen) atoms. The van der Waals surface area contributed by atoms with Crippen LogP contribution in [-0.4, -0.2) is 54.6 Å². The van der Waals surface area contributed by atoms with Crippen LogP contribution in [0.3, 0.4) is 0 Å². The minimum atomic E-state index is -0.217. The lowest BCUT2D eigenvalue weighted by molar-refractivity contribution is -0.000509. The van der Waals surface area contributed by atoms with Crippen molar-refractivity contribution in [2.45, 2.75) is 26.2 Å². The van der Waals surface area contributed by atoms with Gasteiger partial charge in [0.2, 0.25) is 0 Å². The number of thiophene rings is 1. The third-order valence-electron chi connectivity index (χ3n) is 8.51. The Labute approximate surface area is 248 Å². The van der Waals surface area contributed by atoms with Gasteiger partial charge in [-0.3, -0.25) is 14.6 Å². The summed E-state index contributed by atoms with van der Waals surface area (Å²) in [5.74, 6) is 0.382. The van der Waals surface area contributed by atoms with E-state index in [1.54, 1.807) is 35.4 Å². The lowest BCUT2D eigenvalue weighted by Gasteiger charge is -2.53. The molecule has 3 aliphatic heterocycles. The van der Waals surface area contributed by atoms with Crippen LogP contribution in [0.4, 0.5) is 22.2 Å². The molecule has 2 fully saturated rings. The van der Waals surface area contributed by atoms with Gasteiger partial charge in [-0.05, 0) is 85.8 Å². The van der Waals surface area contributed by atoms with Crippen LogP contribution in [0.5, 0.6) is 0 Å². The molecule has 6 heterocycles. The summed E-state index contributed by atoms with van der Waals surface area (Å²) in [4.78, 5) is 41.4. The van der Waals surface area contributed by atoms with Crippen LogP contribution in [0.2, 0.25) is 0 Å². The monoisotopic (exact) mass is 580 g/mol. The Morgan fingerprint density at radius 2 is 1.86 bits per heavy atom. The van der Waals surface area contributed by atoms with Gasteiger partial charge in [0.05, 0.1) is 21.1 Å². The van der Waals surface area contributed by atoms with Crippen molar-refractivity contribution >= 4 is 45.3 Å². The molecule has 0 aliphatic carbocycles. The third-order valence-corrected chi connectivity index (χ3v) is 9.53. The van der Waals surface area contributed by atoms with E-state index in [1.165, 1.54) is 11.3 Å². The number of hydrogen-bond acceptors (Lipinski definition) is 8. The molecule has 0 atom stereocenters. The molecule has 0 radical (unpaired) electrons. The minimum absolute atomic E-state index is 0.116. The zero-order valence-corrected chi connectivity index (χ0v) is 24.2. The number of carbonyl (C=O) groups excluding carboxylic acids is 2. The number of aryl methyl sites for hydroxylation is 1. The van der Waals surface area contributed by atoms with Crippen molar-refractivity contribution in [2.24, 2.45) is 5.41 Å². The SMILES string of the molecule is Cc1cnc(N2CC3(CCOCC3)C2)c(C(=O)Nc2ccc(C(=O)N3CCc4cc(N)sc4-c4ncccc43)cc2)c1. The van der Waals surface area contributed by atoms with Crippen molar-refractivity contribution in [1.29, 1.82) is 0 Å². The van der Waals surface area contributed by atoms with Gasteiger partial charge in [0.1, 0.15) is 11.5 Å². The number of amides is 2. The largest absolute Gasteiger partial charge is 0.391 e. The van der Waals surface area contributed by atoms with Crippen LogP contribution >= 0.6 is 11.3 Å². The van der Waals surface area contributed by atoms with Crippen molar-refractivity contribution in [3.63, 3.8) is 0 Å². The standard InChI is InChI=1S/C32H32N6O3S/c1-20-15-24(29(35-17-20)37-18-32(19-37)9-13-41-14-10-32)30(39)36-23-6-4-21(5-7-23)31(40)38-12-8-22-16-26(33)42-28(22)27-25(38)3-2-11-34-27/h2-7,11,15-17H,8-10,12-14,18-19,33H2,1H3,(H,36,39). The van der Waals surface area contributed by atoms with Gasteiger partial charge in [-0.1, -0.05) is 0 Å². The lowest BCUT2D eigenvalue weighted by Crippen LogP contribution is -2.59. The smallest absolute Gasteiger partial charge is 0.259 e. The van der Waals surface area contributed by atoms with E-state index < -0.39 is 0 Å². The first-order chi connectivity index (χ1) is 20.4. The molecule has 4 aromatic rings. The van der Waals surface area contributed by atoms with Crippen molar-refractivity contribution < 1.29 is 14.3 Å². The highest BCUT2D eigenvalue weighted by atomic mass is 32.1. The van der Waals surface area contributed by atoms with E-state index in [2.05, 4.69) is 20.2 Å². The van der Waals surface area contributed by atoms with Gasteiger partial charge >= 0.3 is 0 Å². The molecule has 3 aromatic heterocycles. The zero-order chi connectivity index (χ0) is 28.8. The second-order valence-corrected chi connectivity index (χ2v) is 12.5. The summed E-state index contributed by atoms with van der Waals surface area (Å²) in [6.45, 7) is 5.83. The van der Waals surface area contributed by atoms with Crippen LogP contribution in [-0.2, 0) is 11.2 Å². The molecule has 2 amide bonds. The summed E-state index contributed by atoms with van der Waals surface area (Å²) >= 11 is 1.50. The van der Waals surface area contributed by atoms with Crippen LogP contribution in [0.25, 0.3) is 10.6 Å². The molecule has 1 aromatic carbocycles. The summed E-state index contributed by atoms with van der Waals surface area (Å²) in [5.41, 5.74) is 11.6. The maximum absolute atomic E-state index is 13.7. The van der Waals surface area contributed by atoms with E-state index in [-0.39, 0.29) is 17.2 Å². The molecule has 2 saturated heterocycles. The van der Waals surface area contributed by atoms with E-state index in [4.69, 9.17) is 10.5 Å². The molecule has 1 spiro atoms. The fraction of sp³-hybridized carbons (Fsp3) is 0.312. The molecule has 7 rings (SSSR count). The van der Waals surface area contributed by atoms with E-state index in [0.717, 1.165) is 71.5 Å². The first kappa shape index (κ1) is 26.6. The Balaban J connectivity index is 1.08. The normalized spacial score (nSPS) is 17.2. The number of nitrogens with one attached hydrogen (secondary N) is 1. The highest BCUT2D eigenvalue weighted by Gasteiger charge is 2.45. The average Bonchev–Trinajstić information content (AvgIpc) is 3.29. The number of carbonyl (C=O) groups is 2. The quantitative estimate of drug-likeness (QED) is 0.342. The number of benzene rings is 1. The van der Waals surface area contributed by atoms with Crippen molar-refractivity contribution in [3.05, 3.63) is 83.2 Å². The van der Waals surface area contributed by atoms with Gasteiger partial charge in [0.15, 0.2) is 0 Å². The molecule has 9 nitrogen and oxygen atoms in total. The number of hydrogen-bond donors (Lipinski definition) is 2. The average molecular weight is 581 g/mol. The number of ether oxygens (including phenoxy) is 1. The van der Waals surface area contributed by atoms with Gasteiger partial charge in [0.25, 0.3) is 11.8 Å². The predicted octanol–water partition coefficient (Wildman–Crippen LogP) is 5.17. The Morgan fingerprint density at radius 1 is 1.07 bits per heavy atom. The number of anilines is 4. The van der Waals surface area contributed by atoms with E-state index >= 15 is 0 Å². The Bertz CT molecular complexity index is 1670. The number of nitrogens with zero attached hydrogens (tertiary/aromatic N) is 4. The summed E-state index contributed by atoms with van der Waals surface area (Å²) < 4.78 is 5.55. The second-order valence-electron chi connectivity index (χ2n) is 11.5. The zero-order valence-electron chi connectivity index (χ0n) is 23.4. The molecule has 0 unspecified atom stereocenters. The van der Waals surface area contributed by atoms with Crippen LogP contribution in [0.1, 0.15) is 44.7 Å². The molecule has 10 heteroatoms. The summed E-state index contributed by atoms with van der Waals surface area (Å²) in [7, 11) is 0. The maximum Gasteiger partial charge on any atom is 0.259 e. The van der Waals surface area contributed by atoms with Gasteiger partial charge in [0, 0.05) is 61.9 Å². The molecule has 3 aliphatic rings. The number of pyridine rings is 2. The molecule has 0 saturated carbocycles. The fourth-order valence-corrected chi connectivity index (χ4v) is 7.24. The van der Waals surface area contributed by atoms with Crippen molar-refractivity contribution in [3.8, 4) is 10.6 Å². The maximum atomic E-state index is 13.7. The van der Waals surface area contributed by atoms with Gasteiger partial charge in [-0.25, -0.2) is 4.98 Å². The molecule has 214 valence electrons. The topological polar surface area (TPSA) is 114 Å². The first-order valence-corrected chi connectivity index (χ1v) is 15.1.